The fourth-order valence-electron chi connectivity index (χ4n) is 2.20. The Morgan fingerprint density at radius 1 is 1.56 bits per heavy atom. The average molecular weight is 221 g/mol. The summed E-state index contributed by atoms with van der Waals surface area (Å²) in [6.07, 6.45) is -0.0997. The molecule has 1 amide bonds. The van der Waals surface area contributed by atoms with Crippen LogP contribution in [0.5, 0.6) is 5.75 Å². The van der Waals surface area contributed by atoms with Crippen LogP contribution >= 0.6 is 0 Å². The topological polar surface area (TPSA) is 49.8 Å². The van der Waals surface area contributed by atoms with Crippen molar-refractivity contribution in [3.8, 4) is 5.75 Å². The van der Waals surface area contributed by atoms with Crippen molar-refractivity contribution in [2.24, 2.45) is 0 Å². The molecule has 2 rings (SSSR count). The SMILES string of the molecule is COc1ccc2c(c1)CCN(C(=O)O)[C@@H]2C. The van der Waals surface area contributed by atoms with Crippen molar-refractivity contribution in [3.63, 3.8) is 0 Å². The maximum absolute atomic E-state index is 11.0. The van der Waals surface area contributed by atoms with E-state index in [0.717, 1.165) is 17.7 Å². The van der Waals surface area contributed by atoms with Crippen molar-refractivity contribution in [3.05, 3.63) is 29.3 Å². The molecular weight excluding hydrogens is 206 g/mol. The molecule has 4 heteroatoms. The molecule has 0 saturated carbocycles. The lowest BCUT2D eigenvalue weighted by Gasteiger charge is -2.33. The Morgan fingerprint density at radius 3 is 2.94 bits per heavy atom. The van der Waals surface area contributed by atoms with E-state index in [4.69, 9.17) is 9.84 Å². The highest BCUT2D eigenvalue weighted by Gasteiger charge is 2.27. The number of methoxy groups -OCH3 is 1. The van der Waals surface area contributed by atoms with Crippen LogP contribution < -0.4 is 4.74 Å². The molecule has 1 aromatic carbocycles. The second-order valence-electron chi connectivity index (χ2n) is 3.97. The van der Waals surface area contributed by atoms with Crippen LogP contribution in [0.1, 0.15) is 24.1 Å². The third-order valence-corrected chi connectivity index (χ3v) is 3.14. The molecule has 0 radical (unpaired) electrons. The largest absolute Gasteiger partial charge is 0.497 e. The summed E-state index contributed by atoms with van der Waals surface area (Å²) < 4.78 is 5.16. The van der Waals surface area contributed by atoms with E-state index in [9.17, 15) is 4.79 Å². The van der Waals surface area contributed by atoms with Crippen LogP contribution in [0.15, 0.2) is 18.2 Å². The fraction of sp³-hybridized carbons (Fsp3) is 0.417. The maximum Gasteiger partial charge on any atom is 0.407 e. The lowest BCUT2D eigenvalue weighted by molar-refractivity contribution is 0.124. The van der Waals surface area contributed by atoms with Crippen LogP contribution in [-0.2, 0) is 6.42 Å². The number of ether oxygens (including phenoxy) is 1. The standard InChI is InChI=1S/C12H15NO3/c1-8-11-4-3-10(16-2)7-9(11)5-6-13(8)12(14)15/h3-4,7-8H,5-6H2,1-2H3,(H,14,15)/t8-/m1/s1. The summed E-state index contributed by atoms with van der Waals surface area (Å²) in [6.45, 7) is 2.47. The minimum Gasteiger partial charge on any atom is -0.497 e. The predicted octanol–water partition coefficient (Wildman–Crippen LogP) is 2.29. The van der Waals surface area contributed by atoms with E-state index in [1.807, 2.05) is 25.1 Å². The Labute approximate surface area is 94.4 Å². The summed E-state index contributed by atoms with van der Waals surface area (Å²) in [7, 11) is 1.64. The molecule has 0 aliphatic carbocycles. The molecule has 0 bridgehead atoms. The average Bonchev–Trinajstić information content (AvgIpc) is 2.28. The van der Waals surface area contributed by atoms with Crippen molar-refractivity contribution >= 4 is 6.09 Å². The van der Waals surface area contributed by atoms with E-state index in [0.29, 0.717) is 6.54 Å². The molecule has 86 valence electrons. The number of benzene rings is 1. The van der Waals surface area contributed by atoms with Gasteiger partial charge in [-0.3, -0.25) is 0 Å². The summed E-state index contributed by atoms with van der Waals surface area (Å²) in [5.41, 5.74) is 2.26. The van der Waals surface area contributed by atoms with Gasteiger partial charge in [0.1, 0.15) is 5.75 Å². The molecule has 1 aliphatic heterocycles. The number of carboxylic acid groups (broad SMARTS) is 1. The van der Waals surface area contributed by atoms with Gasteiger partial charge in [-0.15, -0.1) is 0 Å². The zero-order chi connectivity index (χ0) is 11.7. The number of rotatable bonds is 1. The van der Waals surface area contributed by atoms with E-state index < -0.39 is 6.09 Å². The van der Waals surface area contributed by atoms with Crippen LogP contribution in [-0.4, -0.2) is 29.8 Å². The number of carbonyl (C=O) groups is 1. The van der Waals surface area contributed by atoms with E-state index >= 15 is 0 Å². The van der Waals surface area contributed by atoms with Crippen molar-refractivity contribution < 1.29 is 14.6 Å². The smallest absolute Gasteiger partial charge is 0.407 e. The first-order valence-electron chi connectivity index (χ1n) is 5.30. The summed E-state index contributed by atoms with van der Waals surface area (Å²) in [6, 6.07) is 5.74. The molecule has 0 unspecified atom stereocenters. The second kappa shape index (κ2) is 4.04. The molecule has 0 spiro atoms. The zero-order valence-electron chi connectivity index (χ0n) is 9.43. The molecule has 1 N–H and O–H groups in total. The molecule has 0 fully saturated rings. The van der Waals surface area contributed by atoms with Gasteiger partial charge in [-0.1, -0.05) is 6.07 Å². The Balaban J connectivity index is 2.35. The normalized spacial score (nSPS) is 19.1. The van der Waals surface area contributed by atoms with Gasteiger partial charge in [-0.05, 0) is 36.6 Å². The quantitative estimate of drug-likeness (QED) is 0.791. The van der Waals surface area contributed by atoms with Crippen LogP contribution in [0.3, 0.4) is 0 Å². The van der Waals surface area contributed by atoms with Gasteiger partial charge in [0.2, 0.25) is 0 Å². The van der Waals surface area contributed by atoms with Crippen LogP contribution in [0.2, 0.25) is 0 Å². The van der Waals surface area contributed by atoms with Gasteiger partial charge in [-0.2, -0.15) is 0 Å². The number of nitrogens with zero attached hydrogens (tertiary/aromatic N) is 1. The van der Waals surface area contributed by atoms with Gasteiger partial charge >= 0.3 is 6.09 Å². The van der Waals surface area contributed by atoms with Gasteiger partial charge in [-0.25, -0.2) is 4.79 Å². The summed E-state index contributed by atoms with van der Waals surface area (Å²) in [5, 5.41) is 9.04. The van der Waals surface area contributed by atoms with E-state index in [1.54, 1.807) is 7.11 Å². The minimum atomic E-state index is -0.853. The van der Waals surface area contributed by atoms with E-state index in [2.05, 4.69) is 0 Å². The molecular formula is C12H15NO3. The summed E-state index contributed by atoms with van der Waals surface area (Å²) >= 11 is 0. The lowest BCUT2D eigenvalue weighted by atomic mass is 9.94. The Hall–Kier alpha value is -1.71. The van der Waals surface area contributed by atoms with Gasteiger partial charge in [0.05, 0.1) is 13.2 Å². The van der Waals surface area contributed by atoms with Gasteiger partial charge in [0.15, 0.2) is 0 Å². The number of amides is 1. The van der Waals surface area contributed by atoms with Gasteiger partial charge in [0.25, 0.3) is 0 Å². The lowest BCUT2D eigenvalue weighted by Crippen LogP contribution is -2.37. The number of fused-ring (bicyclic) bond motifs is 1. The Kier molecular flexibility index (Phi) is 2.73. The molecule has 1 heterocycles. The maximum atomic E-state index is 11.0. The summed E-state index contributed by atoms with van der Waals surface area (Å²) in [4.78, 5) is 12.5. The first-order valence-corrected chi connectivity index (χ1v) is 5.30. The number of hydrogen-bond acceptors (Lipinski definition) is 2. The third kappa shape index (κ3) is 1.71. The third-order valence-electron chi connectivity index (χ3n) is 3.14. The molecule has 0 aromatic heterocycles. The molecule has 1 aromatic rings. The Bertz CT molecular complexity index is 417. The predicted molar refractivity (Wildman–Crippen MR) is 59.8 cm³/mol. The molecule has 4 nitrogen and oxygen atoms in total. The highest BCUT2D eigenvalue weighted by molar-refractivity contribution is 5.66. The van der Waals surface area contributed by atoms with Crippen LogP contribution in [0.25, 0.3) is 0 Å². The molecule has 1 aliphatic rings. The first kappa shape index (κ1) is 10.8. The van der Waals surface area contributed by atoms with Crippen LogP contribution in [0.4, 0.5) is 4.79 Å². The van der Waals surface area contributed by atoms with Gasteiger partial charge in [0, 0.05) is 6.54 Å². The molecule has 1 atom stereocenters. The monoisotopic (exact) mass is 221 g/mol. The zero-order valence-corrected chi connectivity index (χ0v) is 9.43. The second-order valence-corrected chi connectivity index (χ2v) is 3.97. The van der Waals surface area contributed by atoms with Gasteiger partial charge < -0.3 is 14.7 Å². The van der Waals surface area contributed by atoms with Crippen molar-refractivity contribution in [2.75, 3.05) is 13.7 Å². The van der Waals surface area contributed by atoms with Crippen LogP contribution in [0, 0.1) is 0 Å². The van der Waals surface area contributed by atoms with Crippen molar-refractivity contribution in [1.29, 1.82) is 0 Å². The highest BCUT2D eigenvalue weighted by Crippen LogP contribution is 2.31. The summed E-state index contributed by atoms with van der Waals surface area (Å²) in [5.74, 6) is 0.828. The molecule has 0 saturated heterocycles. The van der Waals surface area contributed by atoms with Crippen molar-refractivity contribution in [2.45, 2.75) is 19.4 Å². The van der Waals surface area contributed by atoms with Crippen molar-refractivity contribution in [1.82, 2.24) is 4.90 Å². The number of hydrogen-bond donors (Lipinski definition) is 1. The fourth-order valence-corrected chi connectivity index (χ4v) is 2.20. The van der Waals surface area contributed by atoms with E-state index in [-0.39, 0.29) is 6.04 Å². The Morgan fingerprint density at radius 2 is 2.31 bits per heavy atom. The highest BCUT2D eigenvalue weighted by atomic mass is 16.5. The first-order chi connectivity index (χ1) is 7.63. The minimum absolute atomic E-state index is 0.0767. The van der Waals surface area contributed by atoms with E-state index in [1.165, 1.54) is 10.5 Å². The molecule has 16 heavy (non-hydrogen) atoms.